The Kier molecular flexibility index (Phi) is 4.55. The lowest BCUT2D eigenvalue weighted by Crippen LogP contribution is -2.65. The van der Waals surface area contributed by atoms with Crippen LogP contribution in [0.2, 0.25) is 0 Å². The first-order valence-electron chi connectivity index (χ1n) is 8.91. The van der Waals surface area contributed by atoms with Crippen LogP contribution in [0.25, 0.3) is 0 Å². The molecule has 2 atom stereocenters. The summed E-state index contributed by atoms with van der Waals surface area (Å²) in [5.74, 6) is 0.279. The fourth-order valence-electron chi connectivity index (χ4n) is 4.30. The number of piperazine rings is 1. The number of fused-ring (bicyclic) bond motifs is 1. The molecule has 25 heavy (non-hydrogen) atoms. The monoisotopic (exact) mass is 336 g/mol. The summed E-state index contributed by atoms with van der Waals surface area (Å²) in [5, 5.41) is 0. The van der Waals surface area contributed by atoms with Crippen LogP contribution in [0.5, 0.6) is 0 Å². The molecule has 4 nitrogen and oxygen atoms in total. The largest absolute Gasteiger partial charge is 0.369 e. The van der Waals surface area contributed by atoms with E-state index in [4.69, 9.17) is 4.74 Å². The minimum absolute atomic E-state index is 0.116. The average molecular weight is 336 g/mol. The van der Waals surface area contributed by atoms with Crippen molar-refractivity contribution in [1.29, 1.82) is 0 Å². The number of hydrogen-bond donors (Lipinski definition) is 0. The van der Waals surface area contributed by atoms with Gasteiger partial charge in [-0.2, -0.15) is 0 Å². The van der Waals surface area contributed by atoms with Crippen LogP contribution in [0.1, 0.15) is 17.0 Å². The summed E-state index contributed by atoms with van der Waals surface area (Å²) in [6, 6.07) is 21.4. The molecule has 4 heteroatoms. The third-order valence-electron chi connectivity index (χ3n) is 5.30. The second kappa shape index (κ2) is 6.98. The van der Waals surface area contributed by atoms with E-state index in [1.54, 1.807) is 0 Å². The normalized spacial score (nSPS) is 24.4. The van der Waals surface area contributed by atoms with Crippen molar-refractivity contribution in [3.8, 4) is 0 Å². The highest BCUT2D eigenvalue weighted by Crippen LogP contribution is 2.35. The molecule has 0 spiro atoms. The Labute approximate surface area is 149 Å². The molecule has 2 aromatic carbocycles. The number of nitrogens with zero attached hydrogens (tertiary/aromatic N) is 2. The van der Waals surface area contributed by atoms with Crippen molar-refractivity contribution in [3.63, 3.8) is 0 Å². The van der Waals surface area contributed by atoms with Crippen LogP contribution >= 0.6 is 0 Å². The van der Waals surface area contributed by atoms with E-state index in [9.17, 15) is 4.79 Å². The van der Waals surface area contributed by atoms with E-state index in [1.807, 2.05) is 12.1 Å². The second-order valence-electron chi connectivity index (χ2n) is 7.06. The summed E-state index contributed by atoms with van der Waals surface area (Å²) in [6.45, 7) is 2.57. The van der Waals surface area contributed by atoms with Crippen LogP contribution in [0.3, 0.4) is 0 Å². The first-order valence-corrected chi connectivity index (χ1v) is 8.91. The highest BCUT2D eigenvalue weighted by Gasteiger charge is 2.43. The lowest BCUT2D eigenvalue weighted by molar-refractivity contribution is -0.158. The zero-order valence-corrected chi connectivity index (χ0v) is 14.5. The minimum Gasteiger partial charge on any atom is -0.369 e. The molecule has 2 aromatic rings. The number of morpholine rings is 1. The molecule has 2 unspecified atom stereocenters. The molecule has 2 saturated heterocycles. The summed E-state index contributed by atoms with van der Waals surface area (Å²) in [6.07, 6.45) is 0. The molecule has 2 fully saturated rings. The Bertz CT molecular complexity index is 680. The molecule has 0 saturated carbocycles. The average Bonchev–Trinajstić information content (AvgIpc) is 2.63. The fraction of sp³-hybridized carbons (Fsp3) is 0.381. The third kappa shape index (κ3) is 3.20. The van der Waals surface area contributed by atoms with Gasteiger partial charge in [0.1, 0.15) is 6.61 Å². The van der Waals surface area contributed by atoms with Gasteiger partial charge in [0.2, 0.25) is 5.91 Å². The van der Waals surface area contributed by atoms with Gasteiger partial charge in [0.15, 0.2) is 0 Å². The van der Waals surface area contributed by atoms with E-state index in [1.165, 1.54) is 11.1 Å². The zero-order chi connectivity index (χ0) is 17.2. The van der Waals surface area contributed by atoms with Crippen molar-refractivity contribution in [2.75, 3.05) is 33.4 Å². The number of amides is 1. The molecule has 0 N–H and O–H groups in total. The number of ether oxygens (including phenoxy) is 1. The Balaban J connectivity index is 1.78. The van der Waals surface area contributed by atoms with Gasteiger partial charge in [-0.25, -0.2) is 0 Å². The van der Waals surface area contributed by atoms with Gasteiger partial charge in [0.05, 0.1) is 18.7 Å². The van der Waals surface area contributed by atoms with Gasteiger partial charge in [0, 0.05) is 19.0 Å². The van der Waals surface area contributed by atoms with Gasteiger partial charge in [-0.05, 0) is 18.2 Å². The summed E-state index contributed by atoms with van der Waals surface area (Å²) in [5.41, 5.74) is 2.51. The molecule has 0 aromatic heterocycles. The van der Waals surface area contributed by atoms with Crippen molar-refractivity contribution >= 4 is 5.91 Å². The fourth-order valence-corrected chi connectivity index (χ4v) is 4.30. The molecule has 0 aliphatic carbocycles. The topological polar surface area (TPSA) is 32.8 Å². The van der Waals surface area contributed by atoms with Gasteiger partial charge in [0.25, 0.3) is 0 Å². The molecule has 130 valence electrons. The smallest absolute Gasteiger partial charge is 0.249 e. The van der Waals surface area contributed by atoms with Crippen molar-refractivity contribution < 1.29 is 9.53 Å². The lowest BCUT2D eigenvalue weighted by Gasteiger charge is -2.50. The lowest BCUT2D eigenvalue weighted by atomic mass is 9.82. The van der Waals surface area contributed by atoms with Crippen LogP contribution in [0, 0.1) is 0 Å². The maximum absolute atomic E-state index is 12.7. The minimum atomic E-state index is 0.116. The van der Waals surface area contributed by atoms with Crippen molar-refractivity contribution in [1.82, 2.24) is 9.80 Å². The zero-order valence-electron chi connectivity index (χ0n) is 14.5. The maximum atomic E-state index is 12.7. The number of carbonyl (C=O) groups is 1. The molecule has 2 heterocycles. The first kappa shape index (κ1) is 16.3. The predicted molar refractivity (Wildman–Crippen MR) is 97.5 cm³/mol. The van der Waals surface area contributed by atoms with Crippen molar-refractivity contribution in [2.24, 2.45) is 0 Å². The first-order chi connectivity index (χ1) is 12.2. The number of carbonyl (C=O) groups excluding carboxylic acids is 1. The van der Waals surface area contributed by atoms with E-state index < -0.39 is 0 Å². The molecule has 0 radical (unpaired) electrons. The third-order valence-corrected chi connectivity index (χ3v) is 5.30. The van der Waals surface area contributed by atoms with Gasteiger partial charge >= 0.3 is 0 Å². The molecular weight excluding hydrogens is 312 g/mol. The van der Waals surface area contributed by atoms with Crippen molar-refractivity contribution in [2.45, 2.75) is 18.0 Å². The molecule has 1 amide bonds. The standard InChI is InChI=1S/C21H24N2O2/c1-22-12-18-14-25-15-20(24)23(18)19(13-22)21(16-8-4-2-5-9-16)17-10-6-3-7-11-17/h2-11,18-19,21H,12-15H2,1H3. The SMILES string of the molecule is CN1CC2COCC(=O)N2C(C(c2ccccc2)c2ccccc2)C1. The van der Waals surface area contributed by atoms with Crippen LogP contribution in [0.15, 0.2) is 60.7 Å². The number of likely N-dealkylation sites (N-methyl/N-ethyl adjacent to an activating group) is 1. The second-order valence-corrected chi connectivity index (χ2v) is 7.06. The Morgan fingerprint density at radius 1 is 0.960 bits per heavy atom. The number of hydrogen-bond acceptors (Lipinski definition) is 3. The quantitative estimate of drug-likeness (QED) is 0.863. The highest BCUT2D eigenvalue weighted by molar-refractivity contribution is 5.79. The number of benzene rings is 2. The van der Waals surface area contributed by atoms with Crippen LogP contribution < -0.4 is 0 Å². The number of rotatable bonds is 3. The van der Waals surface area contributed by atoms with Crippen LogP contribution in [-0.4, -0.2) is 61.1 Å². The summed E-state index contributed by atoms with van der Waals surface area (Å²) in [7, 11) is 2.14. The molecule has 2 aliphatic rings. The van der Waals surface area contributed by atoms with E-state index in [2.05, 4.69) is 65.4 Å². The van der Waals surface area contributed by atoms with E-state index in [0.717, 1.165) is 13.1 Å². The Morgan fingerprint density at radius 2 is 1.56 bits per heavy atom. The molecular formula is C21H24N2O2. The summed E-state index contributed by atoms with van der Waals surface area (Å²) < 4.78 is 5.52. The molecule has 2 aliphatic heterocycles. The van der Waals surface area contributed by atoms with E-state index in [0.29, 0.717) is 6.61 Å². The molecule has 0 bridgehead atoms. The van der Waals surface area contributed by atoms with Crippen LogP contribution in [-0.2, 0) is 9.53 Å². The summed E-state index contributed by atoms with van der Waals surface area (Å²) >= 11 is 0. The van der Waals surface area contributed by atoms with Crippen LogP contribution in [0.4, 0.5) is 0 Å². The highest BCUT2D eigenvalue weighted by atomic mass is 16.5. The maximum Gasteiger partial charge on any atom is 0.249 e. The van der Waals surface area contributed by atoms with Gasteiger partial charge in [-0.3, -0.25) is 4.79 Å². The van der Waals surface area contributed by atoms with Gasteiger partial charge in [-0.1, -0.05) is 60.7 Å². The van der Waals surface area contributed by atoms with Crippen molar-refractivity contribution in [3.05, 3.63) is 71.8 Å². The summed E-state index contributed by atoms with van der Waals surface area (Å²) in [4.78, 5) is 17.1. The van der Waals surface area contributed by atoms with Gasteiger partial charge < -0.3 is 14.5 Å². The predicted octanol–water partition coefficient (Wildman–Crippen LogP) is 2.36. The van der Waals surface area contributed by atoms with Gasteiger partial charge in [-0.15, -0.1) is 0 Å². The van der Waals surface area contributed by atoms with E-state index >= 15 is 0 Å². The molecule has 4 rings (SSSR count). The Morgan fingerprint density at radius 3 is 2.16 bits per heavy atom. The Hall–Kier alpha value is -2.17. The van der Waals surface area contributed by atoms with E-state index in [-0.39, 0.29) is 30.5 Å².